The molecule has 1 aliphatic heterocycles. The molecule has 8 heteroatoms. The maximum absolute atomic E-state index is 13.7. The topological polar surface area (TPSA) is 75.8 Å². The minimum absolute atomic E-state index is 0.00377. The molecule has 0 spiro atoms. The summed E-state index contributed by atoms with van der Waals surface area (Å²) in [5, 5.41) is 0. The molecule has 4 atom stereocenters. The average Bonchev–Trinajstić information content (AvgIpc) is 3.71. The molecule has 0 N–H and O–H groups in total. The molecule has 0 bridgehead atoms. The van der Waals surface area contributed by atoms with E-state index in [-0.39, 0.29) is 51.7 Å². The van der Waals surface area contributed by atoms with E-state index in [9.17, 15) is 4.79 Å². The molecule has 218 valence electrons. The van der Waals surface area contributed by atoms with Gasteiger partial charge in [-0.3, -0.25) is 0 Å². The standard InChI is InChI=1S/C32H42O7Se/c1-6-14-23(5)38-32(33)31-26(19-24(36-21-34-8-3)20-29(31)37-22-35-9-4)30(40-25-15-11-10-12-16-25)18-13-17-28-27(7-2)39-28/h6-7,10-12,15-16,19-20,23,27-28,30H,1-2,8-9,13-14,17-18,21-22H2,3-5H3/t23-,27-,28-,30?/m0/s1. The molecule has 2 aromatic rings. The second-order valence-corrected chi connectivity index (χ2v) is 12.0. The van der Waals surface area contributed by atoms with Crippen LogP contribution in [0.1, 0.15) is 67.2 Å². The Bertz CT molecular complexity index is 1070. The number of carbonyl (C=O) groups is 1. The van der Waals surface area contributed by atoms with Gasteiger partial charge in [-0.05, 0) is 0 Å². The van der Waals surface area contributed by atoms with Gasteiger partial charge in [-0.1, -0.05) is 0 Å². The predicted molar refractivity (Wildman–Crippen MR) is 158 cm³/mol. The summed E-state index contributed by atoms with van der Waals surface area (Å²) < 4.78 is 35.7. The monoisotopic (exact) mass is 618 g/mol. The van der Waals surface area contributed by atoms with Gasteiger partial charge >= 0.3 is 245 Å². The Balaban J connectivity index is 2.03. The number of rotatable bonds is 20. The molecule has 1 aliphatic rings. The van der Waals surface area contributed by atoms with Gasteiger partial charge in [0.2, 0.25) is 0 Å². The first kappa shape index (κ1) is 31.9. The molecule has 0 radical (unpaired) electrons. The van der Waals surface area contributed by atoms with E-state index < -0.39 is 5.97 Å². The average molecular weight is 618 g/mol. The van der Waals surface area contributed by atoms with Crippen LogP contribution < -0.4 is 13.9 Å². The first-order valence-electron chi connectivity index (χ1n) is 13.9. The number of epoxide rings is 1. The summed E-state index contributed by atoms with van der Waals surface area (Å²) in [5.41, 5.74) is 1.26. The van der Waals surface area contributed by atoms with Gasteiger partial charge in [-0.2, -0.15) is 0 Å². The number of hydrogen-bond acceptors (Lipinski definition) is 7. The third-order valence-corrected chi connectivity index (χ3v) is 9.08. The minimum atomic E-state index is -0.432. The molecule has 0 aliphatic carbocycles. The van der Waals surface area contributed by atoms with Crippen molar-refractivity contribution >= 4 is 25.4 Å². The number of esters is 1. The van der Waals surface area contributed by atoms with Crippen molar-refractivity contribution in [3.05, 3.63) is 78.9 Å². The van der Waals surface area contributed by atoms with Gasteiger partial charge in [0.05, 0.1) is 0 Å². The Labute approximate surface area is 245 Å². The summed E-state index contributed by atoms with van der Waals surface area (Å²) in [6, 6.07) is 14.0. The van der Waals surface area contributed by atoms with Crippen LogP contribution in [0.4, 0.5) is 0 Å². The number of hydrogen-bond donors (Lipinski definition) is 0. The fraction of sp³-hybridized carbons (Fsp3) is 0.469. The molecule has 7 nitrogen and oxygen atoms in total. The summed E-state index contributed by atoms with van der Waals surface area (Å²) in [5.74, 6) is 0.509. The second-order valence-electron chi connectivity index (χ2n) is 9.36. The summed E-state index contributed by atoms with van der Waals surface area (Å²) in [7, 11) is 0. The van der Waals surface area contributed by atoms with Crippen molar-refractivity contribution in [2.24, 2.45) is 0 Å². The van der Waals surface area contributed by atoms with E-state index in [1.807, 2.05) is 51.1 Å². The van der Waals surface area contributed by atoms with Crippen molar-refractivity contribution < 1.29 is 33.2 Å². The summed E-state index contributed by atoms with van der Waals surface area (Å²) in [4.78, 5) is 13.8. The van der Waals surface area contributed by atoms with Gasteiger partial charge in [0.15, 0.2) is 0 Å². The van der Waals surface area contributed by atoms with Crippen molar-refractivity contribution in [3.63, 3.8) is 0 Å². The summed E-state index contributed by atoms with van der Waals surface area (Å²) in [6.07, 6.45) is 6.92. The third kappa shape index (κ3) is 10.1. The van der Waals surface area contributed by atoms with E-state index in [0.29, 0.717) is 36.7 Å². The SMILES string of the molecule is C=CC[C@H](C)OC(=O)c1c(OCOCC)cc(OCOCC)cc1C(CCC[C@@H]1O[C@H]1C=C)[Se]c1ccccc1. The number of ether oxygens (including phenoxy) is 6. The molecule has 0 aromatic heterocycles. The van der Waals surface area contributed by atoms with Crippen LogP contribution in [0.5, 0.6) is 11.5 Å². The molecular weight excluding hydrogens is 575 g/mol. The van der Waals surface area contributed by atoms with E-state index in [0.717, 1.165) is 24.8 Å². The zero-order chi connectivity index (χ0) is 28.7. The van der Waals surface area contributed by atoms with Crippen LogP contribution in [0, 0.1) is 0 Å². The van der Waals surface area contributed by atoms with E-state index in [1.54, 1.807) is 12.1 Å². The first-order chi connectivity index (χ1) is 19.5. The maximum atomic E-state index is 13.7. The summed E-state index contributed by atoms with van der Waals surface area (Å²) in [6.45, 7) is 14.4. The molecule has 0 amide bonds. The van der Waals surface area contributed by atoms with E-state index >= 15 is 0 Å². The Kier molecular flexibility index (Phi) is 13.8. The van der Waals surface area contributed by atoms with E-state index in [4.69, 9.17) is 28.4 Å². The van der Waals surface area contributed by atoms with Crippen molar-refractivity contribution in [1.82, 2.24) is 0 Å². The fourth-order valence-corrected chi connectivity index (χ4v) is 6.83. The first-order valence-corrected chi connectivity index (χ1v) is 15.8. The molecule has 1 fully saturated rings. The number of carbonyl (C=O) groups excluding carboxylic acids is 1. The van der Waals surface area contributed by atoms with E-state index in [1.165, 1.54) is 4.46 Å². The molecule has 1 heterocycles. The van der Waals surface area contributed by atoms with Crippen LogP contribution in [0.25, 0.3) is 0 Å². The normalized spacial score (nSPS) is 17.5. The van der Waals surface area contributed by atoms with Crippen molar-refractivity contribution in [1.29, 1.82) is 0 Å². The van der Waals surface area contributed by atoms with Crippen LogP contribution in [0.15, 0.2) is 67.8 Å². The molecule has 3 rings (SSSR count). The van der Waals surface area contributed by atoms with Crippen molar-refractivity contribution in [2.75, 3.05) is 26.8 Å². The predicted octanol–water partition coefficient (Wildman–Crippen LogP) is 5.75. The molecule has 40 heavy (non-hydrogen) atoms. The number of benzene rings is 2. The van der Waals surface area contributed by atoms with Gasteiger partial charge in [0.25, 0.3) is 0 Å². The second kappa shape index (κ2) is 17.3. The molecule has 1 unspecified atom stereocenters. The van der Waals surface area contributed by atoms with Crippen LogP contribution in [0.2, 0.25) is 0 Å². The molecule has 0 saturated carbocycles. The molecular formula is C32H42O7Se. The quantitative estimate of drug-likeness (QED) is 0.0468. The van der Waals surface area contributed by atoms with Crippen molar-refractivity contribution in [2.45, 2.75) is 69.6 Å². The zero-order valence-corrected chi connectivity index (χ0v) is 25.6. The molecule has 2 aromatic carbocycles. The Hall–Kier alpha value is -2.61. The van der Waals surface area contributed by atoms with Gasteiger partial charge in [0, 0.05) is 0 Å². The van der Waals surface area contributed by atoms with Crippen LogP contribution in [-0.4, -0.2) is 66.0 Å². The van der Waals surface area contributed by atoms with Crippen LogP contribution in [-0.2, 0) is 18.9 Å². The fourth-order valence-electron chi connectivity index (χ4n) is 4.23. The Morgan fingerprint density at radius 2 is 1.80 bits per heavy atom. The van der Waals surface area contributed by atoms with Gasteiger partial charge in [0.1, 0.15) is 0 Å². The van der Waals surface area contributed by atoms with Crippen LogP contribution >= 0.6 is 0 Å². The van der Waals surface area contributed by atoms with Crippen LogP contribution in [0.3, 0.4) is 0 Å². The Morgan fingerprint density at radius 1 is 1.07 bits per heavy atom. The van der Waals surface area contributed by atoms with Gasteiger partial charge in [-0.15, -0.1) is 0 Å². The Morgan fingerprint density at radius 3 is 2.45 bits per heavy atom. The molecule has 1 saturated heterocycles. The van der Waals surface area contributed by atoms with Gasteiger partial charge < -0.3 is 0 Å². The van der Waals surface area contributed by atoms with Gasteiger partial charge in [-0.25, -0.2) is 0 Å². The zero-order valence-electron chi connectivity index (χ0n) is 23.8. The third-order valence-electron chi connectivity index (χ3n) is 6.31. The summed E-state index contributed by atoms with van der Waals surface area (Å²) >= 11 is 0.0149. The van der Waals surface area contributed by atoms with Crippen molar-refractivity contribution in [3.8, 4) is 11.5 Å². The van der Waals surface area contributed by atoms with E-state index in [2.05, 4.69) is 25.3 Å².